The molecule has 0 fully saturated rings. The number of carbonyl (C=O) groups excluding carboxylic acids is 3. The van der Waals surface area contributed by atoms with Crippen LogP contribution in [0.2, 0.25) is 0 Å². The molecular formula is C18H16N2O3. The van der Waals surface area contributed by atoms with Crippen LogP contribution >= 0.6 is 0 Å². The Morgan fingerprint density at radius 1 is 1.00 bits per heavy atom. The van der Waals surface area contributed by atoms with Crippen molar-refractivity contribution in [2.24, 2.45) is 0 Å². The summed E-state index contributed by atoms with van der Waals surface area (Å²) in [7, 11) is 0. The molecule has 0 unspecified atom stereocenters. The molecule has 1 N–H and O–H groups in total. The van der Waals surface area contributed by atoms with Gasteiger partial charge in [0.1, 0.15) is 0 Å². The number of rotatable bonds is 4. The van der Waals surface area contributed by atoms with Crippen LogP contribution in [0, 0.1) is 0 Å². The van der Waals surface area contributed by atoms with Crippen molar-refractivity contribution in [3.05, 3.63) is 59.7 Å². The number of benzene rings is 2. The highest BCUT2D eigenvalue weighted by Crippen LogP contribution is 2.32. The zero-order valence-electron chi connectivity index (χ0n) is 12.7. The molecule has 0 saturated carbocycles. The predicted octanol–water partition coefficient (Wildman–Crippen LogP) is 3.23. The van der Waals surface area contributed by atoms with Gasteiger partial charge < -0.3 is 5.32 Å². The lowest BCUT2D eigenvalue weighted by Gasteiger charge is -2.13. The van der Waals surface area contributed by atoms with Crippen LogP contribution in [0.25, 0.3) is 0 Å². The van der Waals surface area contributed by atoms with Gasteiger partial charge in [-0.15, -0.1) is 0 Å². The van der Waals surface area contributed by atoms with Crippen LogP contribution in [0.5, 0.6) is 0 Å². The molecule has 0 saturated heterocycles. The summed E-state index contributed by atoms with van der Waals surface area (Å²) in [6.45, 7) is 1.90. The second-order valence-corrected chi connectivity index (χ2v) is 5.31. The Kier molecular flexibility index (Phi) is 3.93. The molecule has 5 nitrogen and oxygen atoms in total. The largest absolute Gasteiger partial charge is 0.325 e. The van der Waals surface area contributed by atoms with Crippen LogP contribution in [-0.2, 0) is 4.79 Å². The lowest BCUT2D eigenvalue weighted by atomic mass is 10.1. The first-order chi connectivity index (χ1) is 11.1. The molecule has 5 heteroatoms. The minimum absolute atomic E-state index is 0.167. The van der Waals surface area contributed by atoms with Crippen molar-refractivity contribution in [3.8, 4) is 0 Å². The molecule has 0 aliphatic carbocycles. The highest BCUT2D eigenvalue weighted by molar-refractivity contribution is 6.36. The second kappa shape index (κ2) is 6.04. The zero-order chi connectivity index (χ0) is 16.4. The van der Waals surface area contributed by atoms with Crippen molar-refractivity contribution in [1.29, 1.82) is 0 Å². The summed E-state index contributed by atoms with van der Waals surface area (Å²) >= 11 is 0. The molecule has 3 amide bonds. The fourth-order valence-electron chi connectivity index (χ4n) is 2.64. The van der Waals surface area contributed by atoms with E-state index in [1.807, 2.05) is 13.0 Å². The molecular weight excluding hydrogens is 292 g/mol. The first-order valence-electron chi connectivity index (χ1n) is 7.50. The summed E-state index contributed by atoms with van der Waals surface area (Å²) in [6.07, 6.45) is 1.08. The van der Waals surface area contributed by atoms with Crippen molar-refractivity contribution >= 4 is 29.1 Å². The SMILES string of the molecule is CCCC(=O)Nc1cccc2c1C(=O)N(c1ccccc1)C2=O. The summed E-state index contributed by atoms with van der Waals surface area (Å²) in [5.74, 6) is -0.953. The quantitative estimate of drug-likeness (QED) is 0.882. The van der Waals surface area contributed by atoms with Crippen LogP contribution in [0.3, 0.4) is 0 Å². The first-order valence-corrected chi connectivity index (χ1v) is 7.50. The van der Waals surface area contributed by atoms with Gasteiger partial charge in [0.05, 0.1) is 22.5 Å². The van der Waals surface area contributed by atoms with Gasteiger partial charge in [0.25, 0.3) is 11.8 Å². The average Bonchev–Trinajstić information content (AvgIpc) is 2.81. The third-order valence-corrected chi connectivity index (χ3v) is 3.68. The highest BCUT2D eigenvalue weighted by atomic mass is 16.2. The lowest BCUT2D eigenvalue weighted by Crippen LogP contribution is -2.29. The maximum atomic E-state index is 12.7. The van der Waals surface area contributed by atoms with Gasteiger partial charge in [0.15, 0.2) is 0 Å². The third-order valence-electron chi connectivity index (χ3n) is 3.68. The summed E-state index contributed by atoms with van der Waals surface area (Å²) in [6, 6.07) is 13.7. The number of fused-ring (bicyclic) bond motifs is 1. The van der Waals surface area contributed by atoms with E-state index < -0.39 is 5.91 Å². The summed E-state index contributed by atoms with van der Waals surface area (Å²) in [4.78, 5) is 38.3. The van der Waals surface area contributed by atoms with Crippen molar-refractivity contribution in [2.45, 2.75) is 19.8 Å². The Morgan fingerprint density at radius 3 is 2.43 bits per heavy atom. The van der Waals surface area contributed by atoms with E-state index in [0.29, 0.717) is 29.8 Å². The van der Waals surface area contributed by atoms with Crippen molar-refractivity contribution in [3.63, 3.8) is 0 Å². The van der Waals surface area contributed by atoms with Crippen molar-refractivity contribution in [1.82, 2.24) is 0 Å². The smallest absolute Gasteiger partial charge is 0.268 e. The first kappa shape index (κ1) is 15.0. The van der Waals surface area contributed by atoms with Crippen LogP contribution in [0.4, 0.5) is 11.4 Å². The third kappa shape index (κ3) is 2.61. The maximum absolute atomic E-state index is 12.7. The maximum Gasteiger partial charge on any atom is 0.268 e. The average molecular weight is 308 g/mol. The summed E-state index contributed by atoms with van der Waals surface area (Å²) < 4.78 is 0. The van der Waals surface area contributed by atoms with Crippen molar-refractivity contribution < 1.29 is 14.4 Å². The number of amides is 3. The zero-order valence-corrected chi connectivity index (χ0v) is 12.7. The molecule has 3 rings (SSSR count). The molecule has 0 aromatic heterocycles. The number of carbonyl (C=O) groups is 3. The Balaban J connectivity index is 2.00. The topological polar surface area (TPSA) is 66.5 Å². The van der Waals surface area contributed by atoms with Gasteiger partial charge in [-0.05, 0) is 30.7 Å². The van der Waals surface area contributed by atoms with Gasteiger partial charge in [0.2, 0.25) is 5.91 Å². The molecule has 2 aromatic carbocycles. The number of hydrogen-bond donors (Lipinski definition) is 1. The van der Waals surface area contributed by atoms with E-state index in [9.17, 15) is 14.4 Å². The van der Waals surface area contributed by atoms with Gasteiger partial charge >= 0.3 is 0 Å². The monoisotopic (exact) mass is 308 g/mol. The number of nitrogens with one attached hydrogen (secondary N) is 1. The molecule has 1 heterocycles. The fraction of sp³-hybridized carbons (Fsp3) is 0.167. The lowest BCUT2D eigenvalue weighted by molar-refractivity contribution is -0.116. The van der Waals surface area contributed by atoms with Crippen LogP contribution in [0.1, 0.15) is 40.5 Å². The van der Waals surface area contributed by atoms with E-state index >= 15 is 0 Å². The molecule has 116 valence electrons. The molecule has 2 aromatic rings. The van der Waals surface area contributed by atoms with Gasteiger partial charge in [-0.2, -0.15) is 0 Å². The van der Waals surface area contributed by atoms with Crippen LogP contribution in [0.15, 0.2) is 48.5 Å². The predicted molar refractivity (Wildman–Crippen MR) is 87.6 cm³/mol. The van der Waals surface area contributed by atoms with Gasteiger partial charge in [-0.25, -0.2) is 4.90 Å². The fourth-order valence-corrected chi connectivity index (χ4v) is 2.64. The molecule has 1 aliphatic rings. The van der Waals surface area contributed by atoms with Gasteiger partial charge in [-0.3, -0.25) is 14.4 Å². The molecule has 0 bridgehead atoms. The Bertz CT molecular complexity index is 784. The highest BCUT2D eigenvalue weighted by Gasteiger charge is 2.38. The van der Waals surface area contributed by atoms with E-state index in [1.54, 1.807) is 42.5 Å². The van der Waals surface area contributed by atoms with Gasteiger partial charge in [-0.1, -0.05) is 31.2 Å². The Hall–Kier alpha value is -2.95. The standard InChI is InChI=1S/C18H16N2O3/c1-2-7-15(21)19-14-11-6-10-13-16(14)18(23)20(17(13)22)12-8-4-3-5-9-12/h3-6,8-11H,2,7H2,1H3,(H,19,21). The Labute approximate surface area is 133 Å². The minimum atomic E-state index is -0.413. The van der Waals surface area contributed by atoms with Crippen molar-refractivity contribution in [2.75, 3.05) is 10.2 Å². The van der Waals surface area contributed by atoms with Gasteiger partial charge in [0, 0.05) is 6.42 Å². The van der Waals surface area contributed by atoms with E-state index in [-0.39, 0.29) is 17.4 Å². The number of para-hydroxylation sites is 1. The number of imide groups is 1. The number of nitrogens with zero attached hydrogens (tertiary/aromatic N) is 1. The Morgan fingerprint density at radius 2 is 1.74 bits per heavy atom. The summed E-state index contributed by atoms with van der Waals surface area (Å²) in [5.41, 5.74) is 1.47. The second-order valence-electron chi connectivity index (χ2n) is 5.31. The molecule has 0 spiro atoms. The molecule has 0 atom stereocenters. The number of anilines is 2. The summed E-state index contributed by atoms with van der Waals surface area (Å²) in [5, 5.41) is 2.73. The normalized spacial score (nSPS) is 13.2. The van der Waals surface area contributed by atoms with Crippen LogP contribution in [-0.4, -0.2) is 17.7 Å². The molecule has 23 heavy (non-hydrogen) atoms. The van der Waals surface area contributed by atoms with E-state index in [0.717, 1.165) is 4.90 Å². The molecule has 1 aliphatic heterocycles. The van der Waals surface area contributed by atoms with E-state index in [2.05, 4.69) is 5.32 Å². The number of hydrogen-bond acceptors (Lipinski definition) is 3. The minimum Gasteiger partial charge on any atom is -0.325 e. The molecule has 0 radical (unpaired) electrons. The van der Waals surface area contributed by atoms with E-state index in [1.165, 1.54) is 0 Å². The van der Waals surface area contributed by atoms with E-state index in [4.69, 9.17) is 0 Å². The van der Waals surface area contributed by atoms with Crippen LogP contribution < -0.4 is 10.2 Å².